The summed E-state index contributed by atoms with van der Waals surface area (Å²) in [4.78, 5) is 10.7. The topological polar surface area (TPSA) is 46.5 Å². The van der Waals surface area contributed by atoms with Gasteiger partial charge in [-0.3, -0.25) is 4.79 Å². The molecule has 1 N–H and O–H groups in total. The monoisotopic (exact) mass is 212 g/mol. The van der Waals surface area contributed by atoms with E-state index in [1.54, 1.807) is 13.0 Å². The Bertz CT molecular complexity index is 338. The average molecular weight is 212 g/mol. The molecule has 0 aromatic heterocycles. The van der Waals surface area contributed by atoms with E-state index in [4.69, 9.17) is 9.84 Å². The Hall–Kier alpha value is -1.58. The van der Waals surface area contributed by atoms with Crippen molar-refractivity contribution in [3.8, 4) is 5.75 Å². The van der Waals surface area contributed by atoms with E-state index in [1.165, 1.54) is 18.2 Å². The maximum absolute atomic E-state index is 12.7. The zero-order chi connectivity index (χ0) is 11.3. The summed E-state index contributed by atoms with van der Waals surface area (Å²) < 4.78 is 17.9. The molecule has 1 atom stereocenters. The number of benzene rings is 1. The number of rotatable bonds is 5. The van der Waals surface area contributed by atoms with Crippen LogP contribution in [-0.2, 0) is 4.79 Å². The molecule has 0 aliphatic rings. The molecule has 0 amide bonds. The lowest BCUT2D eigenvalue weighted by Gasteiger charge is -2.11. The molecule has 0 bridgehead atoms. The fourth-order valence-electron chi connectivity index (χ4n) is 1.12. The van der Waals surface area contributed by atoms with Crippen LogP contribution in [0.15, 0.2) is 24.3 Å². The highest BCUT2D eigenvalue weighted by atomic mass is 19.1. The normalized spacial score (nSPS) is 12.1. The molecule has 0 radical (unpaired) electrons. The molecule has 15 heavy (non-hydrogen) atoms. The molecule has 3 nitrogen and oxygen atoms in total. The number of halogens is 1. The molecule has 0 fully saturated rings. The van der Waals surface area contributed by atoms with E-state index in [0.717, 1.165) is 0 Å². The third-order valence-corrected chi connectivity index (χ3v) is 2.09. The Balaban J connectivity index is 2.52. The molecule has 0 saturated carbocycles. The van der Waals surface area contributed by atoms with Gasteiger partial charge in [-0.1, -0.05) is 13.0 Å². The highest BCUT2D eigenvalue weighted by molar-refractivity contribution is 5.70. The van der Waals surface area contributed by atoms with Gasteiger partial charge in [-0.2, -0.15) is 0 Å². The van der Waals surface area contributed by atoms with Crippen molar-refractivity contribution in [2.24, 2.45) is 5.92 Å². The van der Waals surface area contributed by atoms with Crippen molar-refractivity contribution < 1.29 is 19.0 Å². The minimum atomic E-state index is -0.895. The van der Waals surface area contributed by atoms with E-state index in [-0.39, 0.29) is 6.61 Å². The molecule has 0 heterocycles. The first-order valence-electron chi connectivity index (χ1n) is 4.74. The van der Waals surface area contributed by atoms with Crippen molar-refractivity contribution in [1.82, 2.24) is 0 Å². The van der Waals surface area contributed by atoms with E-state index in [2.05, 4.69) is 0 Å². The SMILES string of the molecule is CCC(COc1cccc(F)c1)C(=O)O. The molecule has 1 rings (SSSR count). The fraction of sp³-hybridized carbons (Fsp3) is 0.364. The van der Waals surface area contributed by atoms with Crippen molar-refractivity contribution in [1.29, 1.82) is 0 Å². The molecule has 1 unspecified atom stereocenters. The molecule has 82 valence electrons. The molecular weight excluding hydrogens is 199 g/mol. The third kappa shape index (κ3) is 3.58. The number of carbonyl (C=O) groups is 1. The first-order chi connectivity index (χ1) is 7.13. The lowest BCUT2D eigenvalue weighted by Crippen LogP contribution is -2.20. The number of hydrogen-bond donors (Lipinski definition) is 1. The largest absolute Gasteiger partial charge is 0.493 e. The number of carboxylic acids is 1. The number of carboxylic acid groups (broad SMARTS) is 1. The van der Waals surface area contributed by atoms with Gasteiger partial charge in [0.05, 0.1) is 5.92 Å². The van der Waals surface area contributed by atoms with Crippen LogP contribution in [0.5, 0.6) is 5.75 Å². The zero-order valence-electron chi connectivity index (χ0n) is 8.44. The fourth-order valence-corrected chi connectivity index (χ4v) is 1.12. The van der Waals surface area contributed by atoms with Crippen LogP contribution in [0.3, 0.4) is 0 Å². The minimum Gasteiger partial charge on any atom is -0.493 e. The first kappa shape index (κ1) is 11.5. The lowest BCUT2D eigenvalue weighted by molar-refractivity contribution is -0.142. The molecule has 0 saturated heterocycles. The second-order valence-corrected chi connectivity index (χ2v) is 3.21. The predicted molar refractivity (Wildman–Crippen MR) is 53.3 cm³/mol. The van der Waals surface area contributed by atoms with Crippen LogP contribution < -0.4 is 4.74 Å². The maximum atomic E-state index is 12.7. The summed E-state index contributed by atoms with van der Waals surface area (Å²) in [6.07, 6.45) is 0.491. The van der Waals surface area contributed by atoms with Gasteiger partial charge in [0.25, 0.3) is 0 Å². The average Bonchev–Trinajstić information content (AvgIpc) is 2.18. The van der Waals surface area contributed by atoms with Crippen LogP contribution >= 0.6 is 0 Å². The van der Waals surface area contributed by atoms with E-state index in [1.807, 2.05) is 0 Å². The standard InChI is InChI=1S/C11H13FO3/c1-2-8(11(13)14)7-15-10-5-3-4-9(12)6-10/h3-6,8H,2,7H2,1H3,(H,13,14). The molecule has 0 aliphatic heterocycles. The van der Waals surface area contributed by atoms with Crippen LogP contribution in [0, 0.1) is 11.7 Å². The van der Waals surface area contributed by atoms with Gasteiger partial charge in [0.15, 0.2) is 0 Å². The van der Waals surface area contributed by atoms with Crippen molar-refractivity contribution in [2.45, 2.75) is 13.3 Å². The second-order valence-electron chi connectivity index (χ2n) is 3.21. The highest BCUT2D eigenvalue weighted by Crippen LogP contribution is 2.14. The number of ether oxygens (including phenoxy) is 1. The van der Waals surface area contributed by atoms with E-state index < -0.39 is 17.7 Å². The quantitative estimate of drug-likeness (QED) is 0.814. The van der Waals surface area contributed by atoms with E-state index in [0.29, 0.717) is 12.2 Å². The summed E-state index contributed by atoms with van der Waals surface area (Å²) in [6, 6.07) is 5.65. The first-order valence-corrected chi connectivity index (χ1v) is 4.74. The predicted octanol–water partition coefficient (Wildman–Crippen LogP) is 2.32. The summed E-state index contributed by atoms with van der Waals surface area (Å²) in [5, 5.41) is 8.75. The summed E-state index contributed by atoms with van der Waals surface area (Å²) in [5.74, 6) is -1.48. The smallest absolute Gasteiger partial charge is 0.309 e. The summed E-state index contributed by atoms with van der Waals surface area (Å²) in [6.45, 7) is 1.84. The number of aliphatic carboxylic acids is 1. The Morgan fingerprint density at radius 1 is 1.60 bits per heavy atom. The van der Waals surface area contributed by atoms with Crippen molar-refractivity contribution in [2.75, 3.05) is 6.61 Å². The van der Waals surface area contributed by atoms with Crippen LogP contribution in [0.25, 0.3) is 0 Å². The summed E-state index contributed by atoms with van der Waals surface area (Å²) in [5.41, 5.74) is 0. The highest BCUT2D eigenvalue weighted by Gasteiger charge is 2.15. The zero-order valence-corrected chi connectivity index (χ0v) is 8.44. The van der Waals surface area contributed by atoms with Crippen LogP contribution in [0.1, 0.15) is 13.3 Å². The van der Waals surface area contributed by atoms with Gasteiger partial charge in [0.1, 0.15) is 18.2 Å². The minimum absolute atomic E-state index is 0.0648. The lowest BCUT2D eigenvalue weighted by atomic mass is 10.1. The van der Waals surface area contributed by atoms with Crippen LogP contribution in [0.4, 0.5) is 4.39 Å². The third-order valence-electron chi connectivity index (χ3n) is 2.09. The number of hydrogen-bond acceptors (Lipinski definition) is 2. The Kier molecular flexibility index (Phi) is 4.09. The molecule has 0 aliphatic carbocycles. The summed E-state index contributed by atoms with van der Waals surface area (Å²) >= 11 is 0. The summed E-state index contributed by atoms with van der Waals surface area (Å²) in [7, 11) is 0. The van der Waals surface area contributed by atoms with E-state index in [9.17, 15) is 9.18 Å². The molecule has 1 aromatic carbocycles. The Morgan fingerprint density at radius 2 is 2.33 bits per heavy atom. The van der Waals surface area contributed by atoms with Crippen molar-refractivity contribution in [3.63, 3.8) is 0 Å². The van der Waals surface area contributed by atoms with Gasteiger partial charge in [-0.05, 0) is 18.6 Å². The van der Waals surface area contributed by atoms with Gasteiger partial charge in [-0.25, -0.2) is 4.39 Å². The van der Waals surface area contributed by atoms with Crippen LogP contribution in [-0.4, -0.2) is 17.7 Å². The Morgan fingerprint density at radius 3 is 2.87 bits per heavy atom. The van der Waals surface area contributed by atoms with Gasteiger partial charge < -0.3 is 9.84 Å². The van der Waals surface area contributed by atoms with Gasteiger partial charge in [-0.15, -0.1) is 0 Å². The van der Waals surface area contributed by atoms with Gasteiger partial charge in [0, 0.05) is 6.07 Å². The molecule has 0 spiro atoms. The maximum Gasteiger partial charge on any atom is 0.309 e. The Labute approximate surface area is 87.5 Å². The van der Waals surface area contributed by atoms with Crippen molar-refractivity contribution in [3.05, 3.63) is 30.1 Å². The van der Waals surface area contributed by atoms with E-state index >= 15 is 0 Å². The van der Waals surface area contributed by atoms with Gasteiger partial charge in [0.2, 0.25) is 0 Å². The molecule has 1 aromatic rings. The second kappa shape index (κ2) is 5.34. The van der Waals surface area contributed by atoms with Gasteiger partial charge >= 0.3 is 5.97 Å². The van der Waals surface area contributed by atoms with Crippen molar-refractivity contribution >= 4 is 5.97 Å². The molecular formula is C11H13FO3. The van der Waals surface area contributed by atoms with Crippen LogP contribution in [0.2, 0.25) is 0 Å². The molecule has 4 heteroatoms.